The van der Waals surface area contributed by atoms with Gasteiger partial charge in [-0.2, -0.15) is 13.2 Å². The molecule has 0 aliphatic heterocycles. The first kappa shape index (κ1) is 19.9. The quantitative estimate of drug-likeness (QED) is 0.674. The van der Waals surface area contributed by atoms with Gasteiger partial charge in [0.25, 0.3) is 0 Å². The van der Waals surface area contributed by atoms with Crippen LogP contribution < -0.4 is 5.73 Å². The number of aromatic nitrogens is 2. The SMILES string of the molecule is NCCN(CCc1ccccc1)C(=O)Cn1c(C(F)(F)F)nc2ccccc21. The molecular formula is C20H21F3N4O. The van der Waals surface area contributed by atoms with E-state index in [-0.39, 0.29) is 24.1 Å². The van der Waals surface area contributed by atoms with Crippen molar-refractivity contribution >= 4 is 16.9 Å². The fourth-order valence-corrected chi connectivity index (χ4v) is 3.11. The highest BCUT2D eigenvalue weighted by molar-refractivity contribution is 5.81. The second kappa shape index (κ2) is 8.43. The highest BCUT2D eigenvalue weighted by Gasteiger charge is 2.38. The standard InChI is InChI=1S/C20H21F3N4O/c21-20(22,23)19-25-16-8-4-5-9-17(16)27(19)14-18(28)26(13-11-24)12-10-15-6-2-1-3-7-15/h1-9H,10-14,24H2. The van der Waals surface area contributed by atoms with Crippen LogP contribution in [0.5, 0.6) is 0 Å². The Morgan fingerprint density at radius 1 is 1.04 bits per heavy atom. The molecule has 1 amide bonds. The molecular weight excluding hydrogens is 369 g/mol. The summed E-state index contributed by atoms with van der Waals surface area (Å²) in [6.07, 6.45) is -4.05. The van der Waals surface area contributed by atoms with E-state index in [4.69, 9.17) is 5.73 Å². The van der Waals surface area contributed by atoms with Gasteiger partial charge < -0.3 is 15.2 Å². The van der Waals surface area contributed by atoms with Crippen LogP contribution in [0.1, 0.15) is 11.4 Å². The van der Waals surface area contributed by atoms with Gasteiger partial charge in [0.05, 0.1) is 11.0 Å². The zero-order valence-corrected chi connectivity index (χ0v) is 15.2. The topological polar surface area (TPSA) is 64.2 Å². The average Bonchev–Trinajstić information content (AvgIpc) is 3.05. The van der Waals surface area contributed by atoms with Crippen LogP contribution in [0.15, 0.2) is 54.6 Å². The van der Waals surface area contributed by atoms with E-state index in [0.717, 1.165) is 10.1 Å². The van der Waals surface area contributed by atoms with Gasteiger partial charge in [-0.25, -0.2) is 4.98 Å². The first-order valence-electron chi connectivity index (χ1n) is 8.94. The van der Waals surface area contributed by atoms with Gasteiger partial charge in [0.1, 0.15) is 6.54 Å². The maximum atomic E-state index is 13.4. The summed E-state index contributed by atoms with van der Waals surface area (Å²) in [4.78, 5) is 18.0. The molecule has 8 heteroatoms. The number of alkyl halides is 3. The van der Waals surface area contributed by atoms with E-state index >= 15 is 0 Å². The van der Waals surface area contributed by atoms with Gasteiger partial charge in [-0.15, -0.1) is 0 Å². The third-order valence-corrected chi connectivity index (χ3v) is 4.47. The molecule has 28 heavy (non-hydrogen) atoms. The summed E-state index contributed by atoms with van der Waals surface area (Å²) in [6.45, 7) is 0.454. The van der Waals surface area contributed by atoms with Crippen LogP contribution in [0, 0.1) is 0 Å². The highest BCUT2D eigenvalue weighted by atomic mass is 19.4. The molecule has 0 aliphatic rings. The number of fused-ring (bicyclic) bond motifs is 1. The van der Waals surface area contributed by atoms with Crippen LogP contribution in [0.4, 0.5) is 13.2 Å². The van der Waals surface area contributed by atoms with Crippen molar-refractivity contribution in [2.45, 2.75) is 19.1 Å². The molecule has 0 saturated carbocycles. The monoisotopic (exact) mass is 390 g/mol. The first-order chi connectivity index (χ1) is 13.4. The Morgan fingerprint density at radius 2 is 1.71 bits per heavy atom. The van der Waals surface area contributed by atoms with Gasteiger partial charge >= 0.3 is 6.18 Å². The molecule has 5 nitrogen and oxygen atoms in total. The molecule has 3 aromatic rings. The van der Waals surface area contributed by atoms with Crippen molar-refractivity contribution in [1.29, 1.82) is 0 Å². The normalized spacial score (nSPS) is 11.7. The van der Waals surface area contributed by atoms with Crippen LogP contribution in [0.2, 0.25) is 0 Å². The van der Waals surface area contributed by atoms with Crippen LogP contribution >= 0.6 is 0 Å². The number of hydrogen-bond acceptors (Lipinski definition) is 3. The molecule has 2 aromatic carbocycles. The lowest BCUT2D eigenvalue weighted by molar-refractivity contribution is -0.148. The number of benzene rings is 2. The van der Waals surface area contributed by atoms with E-state index in [2.05, 4.69) is 4.98 Å². The van der Waals surface area contributed by atoms with E-state index in [1.165, 1.54) is 17.0 Å². The van der Waals surface area contributed by atoms with Crippen LogP contribution in [-0.2, 0) is 23.9 Å². The Morgan fingerprint density at radius 3 is 2.39 bits per heavy atom. The summed E-state index contributed by atoms with van der Waals surface area (Å²) in [7, 11) is 0. The zero-order valence-electron chi connectivity index (χ0n) is 15.2. The van der Waals surface area contributed by atoms with Crippen LogP contribution in [0.3, 0.4) is 0 Å². The summed E-state index contributed by atoms with van der Waals surface area (Å²) < 4.78 is 41.2. The van der Waals surface area contributed by atoms with Gasteiger partial charge in [-0.3, -0.25) is 4.79 Å². The molecule has 0 fully saturated rings. The van der Waals surface area contributed by atoms with Crippen molar-refractivity contribution in [2.24, 2.45) is 5.73 Å². The Labute approximate surface area is 160 Å². The summed E-state index contributed by atoms with van der Waals surface area (Å²) in [5, 5.41) is 0. The predicted molar refractivity (Wildman–Crippen MR) is 101 cm³/mol. The summed E-state index contributed by atoms with van der Waals surface area (Å²) in [6, 6.07) is 15.8. The Balaban J connectivity index is 1.83. The van der Waals surface area contributed by atoms with Crippen molar-refractivity contribution in [2.75, 3.05) is 19.6 Å². The minimum atomic E-state index is -4.65. The predicted octanol–water partition coefficient (Wildman–Crippen LogP) is 3.09. The van der Waals surface area contributed by atoms with E-state index in [1.807, 2.05) is 30.3 Å². The number of halogens is 3. The molecule has 2 N–H and O–H groups in total. The first-order valence-corrected chi connectivity index (χ1v) is 8.94. The number of nitrogens with two attached hydrogens (primary N) is 1. The third kappa shape index (κ3) is 4.51. The molecule has 0 unspecified atom stereocenters. The molecule has 0 atom stereocenters. The maximum Gasteiger partial charge on any atom is 0.449 e. The van der Waals surface area contributed by atoms with E-state index in [9.17, 15) is 18.0 Å². The molecule has 0 spiro atoms. The zero-order chi connectivity index (χ0) is 20.1. The van der Waals surface area contributed by atoms with Crippen molar-refractivity contribution in [3.05, 3.63) is 66.0 Å². The summed E-state index contributed by atoms with van der Waals surface area (Å²) in [5.74, 6) is -1.49. The van der Waals surface area contributed by atoms with Crippen LogP contribution in [-0.4, -0.2) is 40.0 Å². The lowest BCUT2D eigenvalue weighted by Crippen LogP contribution is -2.39. The lowest BCUT2D eigenvalue weighted by Gasteiger charge is -2.23. The number of amides is 1. The largest absolute Gasteiger partial charge is 0.449 e. The van der Waals surface area contributed by atoms with Gasteiger partial charge in [0.15, 0.2) is 0 Å². The molecule has 0 bridgehead atoms. The smallest absolute Gasteiger partial charge is 0.340 e. The fourth-order valence-electron chi connectivity index (χ4n) is 3.11. The number of hydrogen-bond donors (Lipinski definition) is 1. The minimum absolute atomic E-state index is 0.206. The van der Waals surface area contributed by atoms with Gasteiger partial charge in [0, 0.05) is 19.6 Å². The second-order valence-electron chi connectivity index (χ2n) is 6.41. The Kier molecular flexibility index (Phi) is 5.99. The van der Waals surface area contributed by atoms with Gasteiger partial charge in [-0.05, 0) is 24.1 Å². The van der Waals surface area contributed by atoms with Crippen LogP contribution in [0.25, 0.3) is 11.0 Å². The Bertz CT molecular complexity index is 938. The third-order valence-electron chi connectivity index (χ3n) is 4.47. The van der Waals surface area contributed by atoms with Crippen molar-refractivity contribution in [3.63, 3.8) is 0 Å². The number of rotatable bonds is 7. The van der Waals surface area contributed by atoms with Crippen molar-refractivity contribution in [1.82, 2.24) is 14.5 Å². The highest BCUT2D eigenvalue weighted by Crippen LogP contribution is 2.31. The summed E-state index contributed by atoms with van der Waals surface area (Å²) >= 11 is 0. The maximum absolute atomic E-state index is 13.4. The molecule has 3 rings (SSSR count). The fraction of sp³-hybridized carbons (Fsp3) is 0.300. The lowest BCUT2D eigenvalue weighted by atomic mass is 10.1. The number of nitrogens with zero attached hydrogens (tertiary/aromatic N) is 3. The molecule has 0 aliphatic carbocycles. The second-order valence-corrected chi connectivity index (χ2v) is 6.41. The minimum Gasteiger partial charge on any atom is -0.340 e. The molecule has 1 aromatic heterocycles. The number of carbonyl (C=O) groups is 1. The van der Waals surface area contributed by atoms with E-state index in [1.54, 1.807) is 12.1 Å². The van der Waals surface area contributed by atoms with Crippen molar-refractivity contribution < 1.29 is 18.0 Å². The van der Waals surface area contributed by atoms with Gasteiger partial charge in [0.2, 0.25) is 11.7 Å². The number of para-hydroxylation sites is 2. The van der Waals surface area contributed by atoms with Gasteiger partial charge in [-0.1, -0.05) is 42.5 Å². The summed E-state index contributed by atoms with van der Waals surface area (Å²) in [5.41, 5.74) is 7.13. The molecule has 0 radical (unpaired) electrons. The number of imidazole rings is 1. The molecule has 148 valence electrons. The Hall–Kier alpha value is -2.87. The molecule has 1 heterocycles. The van der Waals surface area contributed by atoms with Crippen molar-refractivity contribution in [3.8, 4) is 0 Å². The van der Waals surface area contributed by atoms with E-state index < -0.39 is 24.5 Å². The number of carbonyl (C=O) groups excluding carboxylic acids is 1. The molecule has 0 saturated heterocycles. The average molecular weight is 390 g/mol. The van der Waals surface area contributed by atoms with E-state index in [0.29, 0.717) is 13.0 Å².